The van der Waals surface area contributed by atoms with Gasteiger partial charge >= 0.3 is 6.09 Å². The maximum atomic E-state index is 13.4. The molecule has 11 heteroatoms. The van der Waals surface area contributed by atoms with Gasteiger partial charge in [0.05, 0.1) is 5.69 Å². The summed E-state index contributed by atoms with van der Waals surface area (Å²) in [5.41, 5.74) is 4.55. The van der Waals surface area contributed by atoms with Crippen LogP contribution >= 0.6 is 27.5 Å². The van der Waals surface area contributed by atoms with Crippen LogP contribution in [0.1, 0.15) is 37.7 Å². The van der Waals surface area contributed by atoms with E-state index >= 15 is 0 Å². The number of alkyl carbamates (subject to hydrolysis) is 1. The molecule has 0 aliphatic rings. The molecule has 0 saturated heterocycles. The average Bonchev–Trinajstić information content (AvgIpc) is 3.15. The molecule has 0 unspecified atom stereocenters. The number of hydrogen-bond donors (Lipinski definition) is 2. The third-order valence-electron chi connectivity index (χ3n) is 6.47. The van der Waals surface area contributed by atoms with Gasteiger partial charge in [-0.25, -0.2) is 9.48 Å². The van der Waals surface area contributed by atoms with Crippen molar-refractivity contribution in [1.29, 1.82) is 0 Å². The second kappa shape index (κ2) is 14.2. The minimum Gasteiger partial charge on any atom is -0.444 e. The maximum Gasteiger partial charge on any atom is 0.408 e. The molecule has 2 amide bonds. The fraction of sp³-hybridized carbons (Fsp3) is 0.452. The number of aromatic nitrogens is 2. The molecule has 0 spiro atoms. The van der Waals surface area contributed by atoms with E-state index in [1.807, 2.05) is 54.9 Å². The summed E-state index contributed by atoms with van der Waals surface area (Å²) in [6, 6.07) is 13.2. The Kier molecular flexibility index (Phi) is 11.4. The SMILES string of the molecule is Cc1nn(COCC[Si](C)(C)C)c(C)c1-c1ccc(NC(=O)[C@H](Cc2cc(Br)ccc2Cl)NC(=O)OC(C)(C)C)cc1. The Hall–Kier alpha value is -2.66. The molecule has 3 rings (SSSR count). The molecule has 0 radical (unpaired) electrons. The van der Waals surface area contributed by atoms with Gasteiger partial charge in [-0.2, -0.15) is 5.10 Å². The highest BCUT2D eigenvalue weighted by molar-refractivity contribution is 9.10. The van der Waals surface area contributed by atoms with Crippen LogP contribution in [0.2, 0.25) is 30.7 Å². The van der Waals surface area contributed by atoms with E-state index in [1.165, 1.54) is 0 Å². The van der Waals surface area contributed by atoms with Crippen molar-refractivity contribution < 1.29 is 19.1 Å². The second-order valence-electron chi connectivity index (χ2n) is 12.6. The summed E-state index contributed by atoms with van der Waals surface area (Å²) >= 11 is 9.84. The largest absolute Gasteiger partial charge is 0.444 e. The highest BCUT2D eigenvalue weighted by Crippen LogP contribution is 2.29. The molecule has 0 aliphatic heterocycles. The Morgan fingerprint density at radius 2 is 1.76 bits per heavy atom. The summed E-state index contributed by atoms with van der Waals surface area (Å²) in [6.07, 6.45) is -0.504. The van der Waals surface area contributed by atoms with Crippen molar-refractivity contribution in [3.05, 3.63) is 68.9 Å². The average molecular weight is 678 g/mol. The minimum atomic E-state index is -1.15. The molecule has 2 aromatic carbocycles. The molecule has 8 nitrogen and oxygen atoms in total. The number of nitrogens with one attached hydrogen (secondary N) is 2. The summed E-state index contributed by atoms with van der Waals surface area (Å²) in [5, 5.41) is 10.8. The molecule has 1 aromatic heterocycles. The topological polar surface area (TPSA) is 94.5 Å². The van der Waals surface area contributed by atoms with Crippen LogP contribution in [0.4, 0.5) is 10.5 Å². The molecule has 0 saturated carbocycles. The van der Waals surface area contributed by atoms with Crippen LogP contribution in [0, 0.1) is 13.8 Å². The fourth-order valence-electron chi connectivity index (χ4n) is 4.30. The Morgan fingerprint density at radius 3 is 2.38 bits per heavy atom. The zero-order chi connectivity index (χ0) is 31.2. The van der Waals surface area contributed by atoms with E-state index in [-0.39, 0.29) is 12.3 Å². The lowest BCUT2D eigenvalue weighted by Crippen LogP contribution is -2.47. The van der Waals surface area contributed by atoms with Crippen LogP contribution in [-0.4, -0.2) is 48.1 Å². The first-order valence-corrected chi connectivity index (χ1v) is 18.9. The van der Waals surface area contributed by atoms with Crippen LogP contribution in [0.15, 0.2) is 46.9 Å². The predicted octanol–water partition coefficient (Wildman–Crippen LogP) is 7.97. The van der Waals surface area contributed by atoms with Gasteiger partial charge in [0.15, 0.2) is 0 Å². The molecule has 0 bridgehead atoms. The quantitative estimate of drug-likeness (QED) is 0.159. The first kappa shape index (κ1) is 33.8. The van der Waals surface area contributed by atoms with Gasteiger partial charge in [0, 0.05) is 47.5 Å². The Balaban J connectivity index is 1.74. The molecule has 2 N–H and O–H groups in total. The molecule has 0 fully saturated rings. The molecular weight excluding hydrogens is 636 g/mol. The van der Waals surface area contributed by atoms with Crippen molar-refractivity contribution in [2.45, 2.75) is 85.1 Å². The van der Waals surface area contributed by atoms with Crippen molar-refractivity contribution in [3.63, 3.8) is 0 Å². The van der Waals surface area contributed by atoms with Gasteiger partial charge in [-0.1, -0.05) is 59.3 Å². The van der Waals surface area contributed by atoms with E-state index in [1.54, 1.807) is 26.8 Å². The lowest BCUT2D eigenvalue weighted by Gasteiger charge is -2.23. The second-order valence-corrected chi connectivity index (χ2v) is 19.5. The van der Waals surface area contributed by atoms with Crippen LogP contribution in [-0.2, 0) is 27.4 Å². The van der Waals surface area contributed by atoms with Gasteiger partial charge in [-0.3, -0.25) is 4.79 Å². The van der Waals surface area contributed by atoms with Gasteiger partial charge in [0.1, 0.15) is 18.4 Å². The Bertz CT molecular complexity index is 1400. The van der Waals surface area contributed by atoms with Gasteiger partial charge in [0.25, 0.3) is 0 Å². The third kappa shape index (κ3) is 10.3. The van der Waals surface area contributed by atoms with E-state index in [0.717, 1.165) is 39.6 Å². The molecule has 1 atom stereocenters. The summed E-state index contributed by atoms with van der Waals surface area (Å²) < 4.78 is 14.0. The van der Waals surface area contributed by atoms with Crippen LogP contribution < -0.4 is 10.6 Å². The smallest absolute Gasteiger partial charge is 0.408 e. The normalized spacial score (nSPS) is 12.6. The number of aryl methyl sites for hydroxylation is 1. The Morgan fingerprint density at radius 1 is 1.10 bits per heavy atom. The predicted molar refractivity (Wildman–Crippen MR) is 176 cm³/mol. The number of nitrogens with zero attached hydrogens (tertiary/aromatic N) is 2. The zero-order valence-electron chi connectivity index (χ0n) is 25.7. The van der Waals surface area contributed by atoms with E-state index in [0.29, 0.717) is 23.0 Å². The van der Waals surface area contributed by atoms with Gasteiger partial charge < -0.3 is 20.1 Å². The third-order valence-corrected chi connectivity index (χ3v) is 9.04. The number of hydrogen-bond acceptors (Lipinski definition) is 5. The van der Waals surface area contributed by atoms with E-state index < -0.39 is 25.8 Å². The summed E-state index contributed by atoms with van der Waals surface area (Å²) in [5.74, 6) is -0.389. The van der Waals surface area contributed by atoms with E-state index in [4.69, 9.17) is 21.1 Å². The van der Waals surface area contributed by atoms with Gasteiger partial charge in [-0.05, 0) is 82.1 Å². The monoisotopic (exact) mass is 676 g/mol. The van der Waals surface area contributed by atoms with Crippen molar-refractivity contribution >= 4 is 53.3 Å². The summed E-state index contributed by atoms with van der Waals surface area (Å²) in [7, 11) is -1.15. The fourth-order valence-corrected chi connectivity index (χ4v) is 5.66. The molecule has 1 heterocycles. The van der Waals surface area contributed by atoms with E-state index in [2.05, 4.69) is 51.3 Å². The number of carbonyl (C=O) groups is 2. The highest BCUT2D eigenvalue weighted by Gasteiger charge is 2.26. The van der Waals surface area contributed by atoms with Gasteiger partial charge in [-0.15, -0.1) is 0 Å². The molecular formula is C31H42BrClN4O4Si. The van der Waals surface area contributed by atoms with Crippen molar-refractivity contribution in [2.75, 3.05) is 11.9 Å². The van der Waals surface area contributed by atoms with Crippen molar-refractivity contribution in [1.82, 2.24) is 15.1 Å². The molecule has 3 aromatic rings. The number of benzene rings is 2. The van der Waals surface area contributed by atoms with Crippen molar-refractivity contribution in [3.8, 4) is 11.1 Å². The lowest BCUT2D eigenvalue weighted by molar-refractivity contribution is -0.118. The molecule has 228 valence electrons. The Labute approximate surface area is 263 Å². The summed E-state index contributed by atoms with van der Waals surface area (Å²) in [4.78, 5) is 26.0. The number of ether oxygens (including phenoxy) is 2. The zero-order valence-corrected chi connectivity index (χ0v) is 29.1. The number of halogens is 2. The number of amides is 2. The van der Waals surface area contributed by atoms with Gasteiger partial charge in [0.2, 0.25) is 5.91 Å². The van der Waals surface area contributed by atoms with Crippen LogP contribution in [0.3, 0.4) is 0 Å². The number of anilines is 1. The lowest BCUT2D eigenvalue weighted by atomic mass is 10.0. The van der Waals surface area contributed by atoms with Crippen LogP contribution in [0.5, 0.6) is 0 Å². The van der Waals surface area contributed by atoms with Crippen molar-refractivity contribution in [2.24, 2.45) is 0 Å². The molecule has 0 aliphatic carbocycles. The first-order valence-electron chi connectivity index (χ1n) is 14.0. The standard InChI is InChI=1S/C31H42BrClN4O4Si/c1-20-28(21(2)37(36-20)19-40-15-16-42(6,7)8)22-9-12-25(13-10-22)34-29(38)27(35-30(39)41-31(3,4)5)18-23-17-24(32)11-14-26(23)33/h9-14,17,27H,15-16,18-19H2,1-8H3,(H,34,38)(H,35,39)/t27-/m0/s1. The summed E-state index contributed by atoms with van der Waals surface area (Å²) in [6.45, 7) is 17.5. The first-order chi connectivity index (χ1) is 19.5. The highest BCUT2D eigenvalue weighted by atomic mass is 79.9. The number of rotatable bonds is 11. The minimum absolute atomic E-state index is 0.180. The maximum absolute atomic E-state index is 13.4. The van der Waals surface area contributed by atoms with Crippen LogP contribution in [0.25, 0.3) is 11.1 Å². The number of carbonyl (C=O) groups excluding carboxylic acids is 2. The van der Waals surface area contributed by atoms with E-state index in [9.17, 15) is 9.59 Å². The molecule has 42 heavy (non-hydrogen) atoms.